The Morgan fingerprint density at radius 1 is 1.06 bits per heavy atom. The number of nitrogens with zero attached hydrogens (tertiary/aromatic N) is 1. The number of rotatable bonds is 2. The van der Waals surface area contributed by atoms with Crippen LogP contribution in [0.2, 0.25) is 5.02 Å². The summed E-state index contributed by atoms with van der Waals surface area (Å²) < 4.78 is 26.4. The van der Waals surface area contributed by atoms with Gasteiger partial charge in [-0.2, -0.15) is 4.31 Å². The van der Waals surface area contributed by atoms with E-state index in [0.717, 1.165) is 25.7 Å². The van der Waals surface area contributed by atoms with Gasteiger partial charge in [-0.3, -0.25) is 0 Å². The summed E-state index contributed by atoms with van der Waals surface area (Å²) in [6.45, 7) is 0. The zero-order valence-electron chi connectivity index (χ0n) is 9.34. The average Bonchev–Trinajstić information content (AvgIpc) is 3.04. The molecule has 2 aliphatic rings. The molecule has 1 heterocycles. The summed E-state index contributed by atoms with van der Waals surface area (Å²) >= 11 is 5.77. The van der Waals surface area contributed by atoms with Crippen molar-refractivity contribution in [2.45, 2.75) is 42.7 Å². The molecule has 2 unspecified atom stereocenters. The summed E-state index contributed by atoms with van der Waals surface area (Å²) in [6.07, 6.45) is 4.32. The van der Waals surface area contributed by atoms with Crippen LogP contribution >= 0.6 is 11.6 Å². The Kier molecular flexibility index (Phi) is 2.69. The van der Waals surface area contributed by atoms with Gasteiger partial charge in [0.15, 0.2) is 0 Å². The van der Waals surface area contributed by atoms with E-state index in [1.807, 2.05) is 0 Å². The fraction of sp³-hybridized carbons (Fsp3) is 0.500. The molecule has 1 aromatic carbocycles. The summed E-state index contributed by atoms with van der Waals surface area (Å²) in [6, 6.07) is 6.93. The number of benzene rings is 1. The van der Waals surface area contributed by atoms with E-state index in [-0.39, 0.29) is 12.1 Å². The van der Waals surface area contributed by atoms with Gasteiger partial charge in [0.25, 0.3) is 0 Å². The maximum atomic E-state index is 12.4. The number of hydrogen-bond donors (Lipinski definition) is 0. The highest BCUT2D eigenvalue weighted by Gasteiger charge is 2.55. The summed E-state index contributed by atoms with van der Waals surface area (Å²) in [7, 11) is -3.29. The Morgan fingerprint density at radius 2 is 1.59 bits per heavy atom. The van der Waals surface area contributed by atoms with Crippen LogP contribution in [-0.2, 0) is 10.0 Å². The molecule has 0 amide bonds. The SMILES string of the molecule is O=S(=O)(c1ccc(Cl)cc1)N1C2CCCCC21. The van der Waals surface area contributed by atoms with E-state index >= 15 is 0 Å². The van der Waals surface area contributed by atoms with Crippen molar-refractivity contribution >= 4 is 21.6 Å². The molecule has 0 radical (unpaired) electrons. The molecule has 1 aliphatic carbocycles. The number of fused-ring (bicyclic) bond motifs is 1. The topological polar surface area (TPSA) is 37.1 Å². The van der Waals surface area contributed by atoms with Crippen molar-refractivity contribution in [1.29, 1.82) is 0 Å². The molecule has 1 aliphatic heterocycles. The summed E-state index contributed by atoms with van der Waals surface area (Å²) in [4.78, 5) is 0.358. The Balaban J connectivity index is 1.89. The molecule has 5 heteroatoms. The van der Waals surface area contributed by atoms with Crippen LogP contribution in [-0.4, -0.2) is 24.8 Å². The highest BCUT2D eigenvalue weighted by Crippen LogP contribution is 2.44. The van der Waals surface area contributed by atoms with Gasteiger partial charge in [-0.15, -0.1) is 0 Å². The number of sulfonamides is 1. The largest absolute Gasteiger partial charge is 0.243 e. The quantitative estimate of drug-likeness (QED) is 0.776. The highest BCUT2D eigenvalue weighted by molar-refractivity contribution is 7.89. The Labute approximate surface area is 106 Å². The average molecular weight is 272 g/mol. The standard InChI is InChI=1S/C12H14ClNO2S/c13-9-5-7-10(8-6-9)17(15,16)14-11-3-1-2-4-12(11)14/h5-8,11-12H,1-4H2. The van der Waals surface area contributed by atoms with Crippen molar-refractivity contribution in [2.24, 2.45) is 0 Å². The van der Waals surface area contributed by atoms with Gasteiger partial charge in [0.1, 0.15) is 0 Å². The van der Waals surface area contributed by atoms with Gasteiger partial charge >= 0.3 is 0 Å². The number of hydrogen-bond acceptors (Lipinski definition) is 2. The minimum absolute atomic E-state index is 0.254. The second-order valence-corrected chi connectivity index (χ2v) is 6.99. The fourth-order valence-electron chi connectivity index (χ4n) is 2.74. The lowest BCUT2D eigenvalue weighted by molar-refractivity contribution is 0.545. The van der Waals surface area contributed by atoms with E-state index in [2.05, 4.69) is 0 Å². The third-order valence-electron chi connectivity index (χ3n) is 3.65. The lowest BCUT2D eigenvalue weighted by Crippen LogP contribution is -2.15. The van der Waals surface area contributed by atoms with Crippen LogP contribution in [0.1, 0.15) is 25.7 Å². The molecule has 0 spiro atoms. The second-order valence-electron chi connectivity index (χ2n) is 4.71. The smallest absolute Gasteiger partial charge is 0.207 e. The summed E-state index contributed by atoms with van der Waals surface area (Å²) in [5.74, 6) is 0. The first-order valence-electron chi connectivity index (χ1n) is 5.90. The summed E-state index contributed by atoms with van der Waals surface area (Å²) in [5, 5.41) is 0.562. The molecule has 0 N–H and O–H groups in total. The van der Waals surface area contributed by atoms with Crippen molar-refractivity contribution in [1.82, 2.24) is 4.31 Å². The van der Waals surface area contributed by atoms with Crippen LogP contribution in [0.4, 0.5) is 0 Å². The van der Waals surface area contributed by atoms with E-state index in [1.54, 1.807) is 28.6 Å². The second kappa shape index (κ2) is 3.97. The lowest BCUT2D eigenvalue weighted by atomic mass is 10.0. The molecular formula is C12H14ClNO2S. The third-order valence-corrected chi connectivity index (χ3v) is 5.86. The van der Waals surface area contributed by atoms with Gasteiger partial charge in [0.05, 0.1) is 4.90 Å². The maximum absolute atomic E-state index is 12.4. The van der Waals surface area contributed by atoms with E-state index < -0.39 is 10.0 Å². The van der Waals surface area contributed by atoms with Gasteiger partial charge in [0.2, 0.25) is 10.0 Å². The molecule has 1 saturated carbocycles. The minimum atomic E-state index is -3.29. The molecule has 3 rings (SSSR count). The van der Waals surface area contributed by atoms with Crippen LogP contribution in [0.15, 0.2) is 29.2 Å². The molecule has 3 nitrogen and oxygen atoms in total. The van der Waals surface area contributed by atoms with Gasteiger partial charge in [-0.25, -0.2) is 8.42 Å². The monoisotopic (exact) mass is 271 g/mol. The predicted octanol–water partition coefficient (Wildman–Crippen LogP) is 2.66. The zero-order chi connectivity index (χ0) is 12.0. The van der Waals surface area contributed by atoms with E-state index in [9.17, 15) is 8.42 Å². The molecule has 1 aromatic rings. The van der Waals surface area contributed by atoms with Crippen LogP contribution in [0.5, 0.6) is 0 Å². The van der Waals surface area contributed by atoms with Crippen LogP contribution in [0, 0.1) is 0 Å². The van der Waals surface area contributed by atoms with Crippen LogP contribution in [0.25, 0.3) is 0 Å². The molecular weight excluding hydrogens is 258 g/mol. The maximum Gasteiger partial charge on any atom is 0.243 e. The van der Waals surface area contributed by atoms with Crippen LogP contribution < -0.4 is 0 Å². The molecule has 0 aromatic heterocycles. The van der Waals surface area contributed by atoms with Crippen molar-refractivity contribution in [3.05, 3.63) is 29.3 Å². The van der Waals surface area contributed by atoms with Gasteiger partial charge in [-0.1, -0.05) is 24.4 Å². The molecule has 1 saturated heterocycles. The minimum Gasteiger partial charge on any atom is -0.207 e. The molecule has 2 fully saturated rings. The van der Waals surface area contributed by atoms with Gasteiger partial charge in [0, 0.05) is 17.1 Å². The Hall–Kier alpha value is -0.580. The predicted molar refractivity (Wildman–Crippen MR) is 66.5 cm³/mol. The van der Waals surface area contributed by atoms with E-state index in [4.69, 9.17) is 11.6 Å². The normalized spacial score (nSPS) is 31.9. The van der Waals surface area contributed by atoms with Gasteiger partial charge < -0.3 is 0 Å². The lowest BCUT2D eigenvalue weighted by Gasteiger charge is -2.05. The van der Waals surface area contributed by atoms with E-state index in [0.29, 0.717) is 9.92 Å². The molecule has 92 valence electrons. The van der Waals surface area contributed by atoms with Crippen molar-refractivity contribution < 1.29 is 8.42 Å². The number of halogens is 1. The van der Waals surface area contributed by atoms with Crippen LogP contribution in [0.3, 0.4) is 0 Å². The summed E-state index contributed by atoms with van der Waals surface area (Å²) in [5.41, 5.74) is 0. The van der Waals surface area contributed by atoms with Gasteiger partial charge in [-0.05, 0) is 37.1 Å². The zero-order valence-corrected chi connectivity index (χ0v) is 10.9. The fourth-order valence-corrected chi connectivity index (χ4v) is 4.74. The van der Waals surface area contributed by atoms with Crippen molar-refractivity contribution in [3.63, 3.8) is 0 Å². The first-order chi connectivity index (χ1) is 8.10. The van der Waals surface area contributed by atoms with E-state index in [1.165, 1.54) is 0 Å². The molecule has 2 atom stereocenters. The highest BCUT2D eigenvalue weighted by atomic mass is 35.5. The Bertz CT molecular complexity index is 514. The first-order valence-corrected chi connectivity index (χ1v) is 7.71. The molecule has 0 bridgehead atoms. The third kappa shape index (κ3) is 1.88. The van der Waals surface area contributed by atoms with Crippen molar-refractivity contribution in [3.8, 4) is 0 Å². The first kappa shape index (κ1) is 11.5. The Morgan fingerprint density at radius 3 is 2.12 bits per heavy atom. The molecule has 17 heavy (non-hydrogen) atoms. The van der Waals surface area contributed by atoms with Crippen molar-refractivity contribution in [2.75, 3.05) is 0 Å².